The molecule has 84 valence electrons. The Balaban J connectivity index is 1.94. The summed E-state index contributed by atoms with van der Waals surface area (Å²) < 4.78 is 0. The van der Waals surface area contributed by atoms with Crippen molar-refractivity contribution in [2.24, 2.45) is 5.92 Å². The van der Waals surface area contributed by atoms with Crippen LogP contribution in [0.25, 0.3) is 0 Å². The summed E-state index contributed by atoms with van der Waals surface area (Å²) >= 11 is 0. The molecule has 1 rings (SSSR count). The van der Waals surface area contributed by atoms with Crippen molar-refractivity contribution in [2.45, 2.75) is 77.8 Å². The van der Waals surface area contributed by atoms with Crippen molar-refractivity contribution in [2.75, 3.05) is 0 Å². The Morgan fingerprint density at radius 3 is 2.43 bits per heavy atom. The van der Waals surface area contributed by atoms with Gasteiger partial charge in [0.2, 0.25) is 0 Å². The molecule has 1 N–H and O–H groups in total. The first-order valence-corrected chi connectivity index (χ1v) is 6.50. The molecule has 0 bridgehead atoms. The van der Waals surface area contributed by atoms with Gasteiger partial charge in [0.1, 0.15) is 0 Å². The van der Waals surface area contributed by atoms with E-state index < -0.39 is 0 Å². The lowest BCUT2D eigenvalue weighted by atomic mass is 10.1. The average molecular weight is 197 g/mol. The van der Waals surface area contributed by atoms with E-state index in [0.717, 1.165) is 18.0 Å². The van der Waals surface area contributed by atoms with Gasteiger partial charge in [-0.2, -0.15) is 0 Å². The normalized spacial score (nSPS) is 20.8. The van der Waals surface area contributed by atoms with E-state index in [-0.39, 0.29) is 0 Å². The fourth-order valence-corrected chi connectivity index (χ4v) is 2.14. The zero-order valence-electron chi connectivity index (χ0n) is 10.2. The smallest absolute Gasteiger partial charge is 0.00694 e. The zero-order chi connectivity index (χ0) is 10.4. The standard InChI is InChI=1S/C13H27N/c1-4-5-6-7-8-11(2)14-12(3)13-9-10-13/h11-14H,4-10H2,1-3H3. The van der Waals surface area contributed by atoms with Gasteiger partial charge < -0.3 is 5.32 Å². The molecule has 1 saturated carbocycles. The van der Waals surface area contributed by atoms with Gasteiger partial charge >= 0.3 is 0 Å². The monoisotopic (exact) mass is 197 g/mol. The van der Waals surface area contributed by atoms with Crippen molar-refractivity contribution >= 4 is 0 Å². The second-order valence-electron chi connectivity index (χ2n) is 5.04. The van der Waals surface area contributed by atoms with E-state index in [4.69, 9.17) is 0 Å². The third-order valence-corrected chi connectivity index (χ3v) is 3.37. The SMILES string of the molecule is CCCCCCC(C)NC(C)C1CC1. The first-order chi connectivity index (χ1) is 6.74. The van der Waals surface area contributed by atoms with Gasteiger partial charge in [0.05, 0.1) is 0 Å². The maximum absolute atomic E-state index is 3.72. The fraction of sp³-hybridized carbons (Fsp3) is 1.00. The van der Waals surface area contributed by atoms with Crippen LogP contribution >= 0.6 is 0 Å². The van der Waals surface area contributed by atoms with Crippen molar-refractivity contribution in [3.05, 3.63) is 0 Å². The summed E-state index contributed by atoms with van der Waals surface area (Å²) in [7, 11) is 0. The molecule has 0 aromatic rings. The molecule has 0 heterocycles. The number of rotatable bonds is 8. The van der Waals surface area contributed by atoms with E-state index in [0.29, 0.717) is 0 Å². The number of unbranched alkanes of at least 4 members (excludes halogenated alkanes) is 3. The molecular formula is C13H27N. The van der Waals surface area contributed by atoms with Crippen molar-refractivity contribution in [3.63, 3.8) is 0 Å². The second-order valence-corrected chi connectivity index (χ2v) is 5.04. The average Bonchev–Trinajstić information content (AvgIpc) is 2.95. The molecule has 0 amide bonds. The highest BCUT2D eigenvalue weighted by atomic mass is 14.9. The predicted octanol–water partition coefficient (Wildman–Crippen LogP) is 3.73. The van der Waals surface area contributed by atoms with E-state index in [1.165, 1.54) is 44.9 Å². The van der Waals surface area contributed by atoms with Gasteiger partial charge in [0.25, 0.3) is 0 Å². The lowest BCUT2D eigenvalue weighted by molar-refractivity contribution is 0.404. The Morgan fingerprint density at radius 1 is 1.14 bits per heavy atom. The molecule has 1 aliphatic carbocycles. The maximum atomic E-state index is 3.72. The lowest BCUT2D eigenvalue weighted by Crippen LogP contribution is -2.35. The van der Waals surface area contributed by atoms with Crippen molar-refractivity contribution in [1.29, 1.82) is 0 Å². The van der Waals surface area contributed by atoms with Crippen LogP contribution in [0.4, 0.5) is 0 Å². The van der Waals surface area contributed by atoms with E-state index >= 15 is 0 Å². The van der Waals surface area contributed by atoms with Gasteiger partial charge in [0, 0.05) is 12.1 Å². The first-order valence-electron chi connectivity index (χ1n) is 6.50. The molecule has 0 radical (unpaired) electrons. The van der Waals surface area contributed by atoms with Gasteiger partial charge in [-0.05, 0) is 39.0 Å². The van der Waals surface area contributed by atoms with Crippen LogP contribution < -0.4 is 5.32 Å². The zero-order valence-corrected chi connectivity index (χ0v) is 10.2. The second kappa shape index (κ2) is 6.44. The Bertz CT molecular complexity index is 140. The molecule has 2 atom stereocenters. The minimum absolute atomic E-state index is 0.724. The summed E-state index contributed by atoms with van der Waals surface area (Å²) in [6.45, 7) is 6.96. The summed E-state index contributed by atoms with van der Waals surface area (Å²) in [4.78, 5) is 0. The van der Waals surface area contributed by atoms with Crippen LogP contribution in [0.5, 0.6) is 0 Å². The Morgan fingerprint density at radius 2 is 1.86 bits per heavy atom. The van der Waals surface area contributed by atoms with Crippen LogP contribution in [0.3, 0.4) is 0 Å². The topological polar surface area (TPSA) is 12.0 Å². The Hall–Kier alpha value is -0.0400. The summed E-state index contributed by atoms with van der Waals surface area (Å²) in [5, 5.41) is 3.72. The maximum Gasteiger partial charge on any atom is 0.00694 e. The molecule has 1 aliphatic rings. The van der Waals surface area contributed by atoms with Crippen molar-refractivity contribution < 1.29 is 0 Å². The van der Waals surface area contributed by atoms with Gasteiger partial charge in [0.15, 0.2) is 0 Å². The molecule has 14 heavy (non-hydrogen) atoms. The molecule has 1 heteroatoms. The quantitative estimate of drug-likeness (QED) is 0.585. The third-order valence-electron chi connectivity index (χ3n) is 3.37. The summed E-state index contributed by atoms with van der Waals surface area (Å²) in [6, 6.07) is 1.48. The van der Waals surface area contributed by atoms with E-state index in [9.17, 15) is 0 Å². The third kappa shape index (κ3) is 4.99. The molecule has 0 aliphatic heterocycles. The van der Waals surface area contributed by atoms with Crippen LogP contribution in [0.15, 0.2) is 0 Å². The number of hydrogen-bond donors (Lipinski definition) is 1. The van der Waals surface area contributed by atoms with E-state index in [2.05, 4.69) is 26.1 Å². The van der Waals surface area contributed by atoms with Gasteiger partial charge in [-0.3, -0.25) is 0 Å². The lowest BCUT2D eigenvalue weighted by Gasteiger charge is -2.19. The molecule has 1 fully saturated rings. The minimum atomic E-state index is 0.724. The first kappa shape index (κ1) is 12.0. The van der Waals surface area contributed by atoms with Gasteiger partial charge in [-0.25, -0.2) is 0 Å². The molecule has 2 unspecified atom stereocenters. The largest absolute Gasteiger partial charge is 0.312 e. The molecule has 0 saturated heterocycles. The van der Waals surface area contributed by atoms with Gasteiger partial charge in [-0.15, -0.1) is 0 Å². The Labute approximate surface area is 89.7 Å². The van der Waals surface area contributed by atoms with Crippen LogP contribution in [0.2, 0.25) is 0 Å². The fourth-order valence-electron chi connectivity index (χ4n) is 2.14. The summed E-state index contributed by atoms with van der Waals surface area (Å²) in [5.74, 6) is 0.994. The van der Waals surface area contributed by atoms with Crippen molar-refractivity contribution in [3.8, 4) is 0 Å². The number of nitrogens with one attached hydrogen (secondary N) is 1. The molecule has 0 aromatic heterocycles. The number of hydrogen-bond acceptors (Lipinski definition) is 1. The van der Waals surface area contributed by atoms with Crippen LogP contribution in [0.1, 0.15) is 65.7 Å². The van der Waals surface area contributed by atoms with E-state index in [1.807, 2.05) is 0 Å². The molecule has 0 aromatic carbocycles. The predicted molar refractivity (Wildman–Crippen MR) is 63.5 cm³/mol. The molecule has 0 spiro atoms. The van der Waals surface area contributed by atoms with Crippen molar-refractivity contribution in [1.82, 2.24) is 5.32 Å². The summed E-state index contributed by atoms with van der Waals surface area (Å²) in [6.07, 6.45) is 9.84. The van der Waals surface area contributed by atoms with Crippen LogP contribution in [0, 0.1) is 5.92 Å². The molecule has 1 nitrogen and oxygen atoms in total. The Kier molecular flexibility index (Phi) is 5.54. The minimum Gasteiger partial charge on any atom is -0.312 e. The van der Waals surface area contributed by atoms with E-state index in [1.54, 1.807) is 0 Å². The van der Waals surface area contributed by atoms with Crippen LogP contribution in [-0.2, 0) is 0 Å². The highest BCUT2D eigenvalue weighted by Gasteiger charge is 2.28. The van der Waals surface area contributed by atoms with Gasteiger partial charge in [-0.1, -0.05) is 32.6 Å². The van der Waals surface area contributed by atoms with Crippen LogP contribution in [-0.4, -0.2) is 12.1 Å². The highest BCUT2D eigenvalue weighted by molar-refractivity contribution is 4.84. The highest BCUT2D eigenvalue weighted by Crippen LogP contribution is 2.32. The summed E-state index contributed by atoms with van der Waals surface area (Å²) in [5.41, 5.74) is 0. The molecular weight excluding hydrogens is 170 g/mol.